The number of halogens is 5. The number of nitrogens with one attached hydrogen (secondary N) is 1. The van der Waals surface area contributed by atoms with Crippen LogP contribution in [0.15, 0.2) is 78.9 Å². The lowest BCUT2D eigenvalue weighted by Gasteiger charge is -2.36. The third kappa shape index (κ3) is 12.1. The molecule has 2 N–H and O–H groups in total. The van der Waals surface area contributed by atoms with Gasteiger partial charge in [-0.25, -0.2) is 0 Å². The lowest BCUT2D eigenvalue weighted by molar-refractivity contribution is -0.274. The summed E-state index contributed by atoms with van der Waals surface area (Å²) >= 11 is 9.53. The zero-order valence-electron chi connectivity index (χ0n) is 22.4. The monoisotopic (exact) mass is 615 g/mol. The fourth-order valence-electron chi connectivity index (χ4n) is 4.37. The number of aliphatic hydroxyl groups excluding tert-OH is 1. The molecule has 0 spiro atoms. The van der Waals surface area contributed by atoms with Crippen LogP contribution in [0.25, 0.3) is 0 Å². The highest BCUT2D eigenvalue weighted by Gasteiger charge is 2.34. The van der Waals surface area contributed by atoms with Crippen LogP contribution in [0.4, 0.5) is 13.2 Å². The maximum absolute atomic E-state index is 12.4. The summed E-state index contributed by atoms with van der Waals surface area (Å²) in [7, 11) is 0. The van der Waals surface area contributed by atoms with Gasteiger partial charge in [0.25, 0.3) is 0 Å². The molecule has 11 heteroatoms. The van der Waals surface area contributed by atoms with Crippen molar-refractivity contribution in [3.05, 3.63) is 95.6 Å². The number of hydrogen-bond donors (Lipinski definition) is 2. The Hall–Kier alpha value is -2.53. The van der Waals surface area contributed by atoms with Gasteiger partial charge in [0.15, 0.2) is 0 Å². The first-order valence-corrected chi connectivity index (χ1v) is 14.2. The Morgan fingerprint density at radius 1 is 0.805 bits per heavy atom. The largest absolute Gasteiger partial charge is 0.573 e. The van der Waals surface area contributed by atoms with E-state index in [2.05, 4.69) is 10.1 Å². The van der Waals surface area contributed by atoms with Crippen LogP contribution < -0.4 is 14.8 Å². The van der Waals surface area contributed by atoms with Crippen molar-refractivity contribution in [2.75, 3.05) is 31.6 Å². The van der Waals surface area contributed by atoms with E-state index in [9.17, 15) is 18.3 Å². The molecular formula is C30H34Cl2F3NO5. The highest BCUT2D eigenvalue weighted by atomic mass is 35.5. The van der Waals surface area contributed by atoms with Gasteiger partial charge in [-0.3, -0.25) is 0 Å². The number of piperidine rings is 1. The normalized spacial score (nSPS) is 18.7. The van der Waals surface area contributed by atoms with Crippen molar-refractivity contribution in [2.45, 2.75) is 44.1 Å². The summed E-state index contributed by atoms with van der Waals surface area (Å²) in [5, 5.41) is 14.1. The Balaban J connectivity index is 0.00000147. The van der Waals surface area contributed by atoms with E-state index in [4.69, 9.17) is 37.4 Å². The Bertz CT molecular complexity index is 1120. The SMILES string of the molecule is ClCCl.OC1CNCC(OCc2ccc(OC(F)(F)F)cc2)C1c1ccc(OCCCOCc2ccccc2)cc1. The molecule has 3 unspecified atom stereocenters. The average Bonchev–Trinajstić information content (AvgIpc) is 2.95. The van der Waals surface area contributed by atoms with Crippen LogP contribution in [-0.4, -0.2) is 55.3 Å². The quantitative estimate of drug-likeness (QED) is 0.176. The van der Waals surface area contributed by atoms with Crippen LogP contribution in [0.1, 0.15) is 29.0 Å². The standard InChI is InChI=1S/C29H32F3NO5.CH2Cl2/c30-29(31,32)38-25-11-7-22(8-12-25)20-37-27-18-33-17-26(34)28(27)23-9-13-24(14-10-23)36-16-4-15-35-19-21-5-2-1-3-6-21;2-1-3/h1-3,5-14,26-28,33-34H,4,15-20H2;1H2. The maximum Gasteiger partial charge on any atom is 0.573 e. The fourth-order valence-corrected chi connectivity index (χ4v) is 4.37. The molecule has 1 aliphatic rings. The van der Waals surface area contributed by atoms with E-state index in [0.29, 0.717) is 38.5 Å². The molecule has 0 aliphatic carbocycles. The molecule has 3 aromatic rings. The van der Waals surface area contributed by atoms with Crippen LogP contribution in [-0.2, 0) is 22.7 Å². The van der Waals surface area contributed by atoms with E-state index < -0.39 is 12.5 Å². The van der Waals surface area contributed by atoms with Gasteiger partial charge in [0.05, 0.1) is 44.0 Å². The highest BCUT2D eigenvalue weighted by molar-refractivity contribution is 6.40. The smallest absolute Gasteiger partial charge is 0.494 e. The first-order valence-electron chi connectivity index (χ1n) is 13.1. The summed E-state index contributed by atoms with van der Waals surface area (Å²) in [4.78, 5) is 0. The molecule has 6 nitrogen and oxygen atoms in total. The van der Waals surface area contributed by atoms with Gasteiger partial charge in [-0.15, -0.1) is 36.4 Å². The lowest BCUT2D eigenvalue weighted by Crippen LogP contribution is -2.49. The van der Waals surface area contributed by atoms with Crippen LogP contribution in [0, 0.1) is 0 Å². The van der Waals surface area contributed by atoms with Gasteiger partial charge in [0, 0.05) is 25.4 Å². The zero-order chi connectivity index (χ0) is 29.5. The van der Waals surface area contributed by atoms with Crippen molar-refractivity contribution in [1.29, 1.82) is 0 Å². The second kappa shape index (κ2) is 17.4. The van der Waals surface area contributed by atoms with E-state index in [-0.39, 0.29) is 29.7 Å². The molecule has 3 aromatic carbocycles. The topological polar surface area (TPSA) is 69.2 Å². The molecular weight excluding hydrogens is 582 g/mol. The number of aliphatic hydroxyl groups is 1. The van der Waals surface area contributed by atoms with E-state index in [0.717, 1.165) is 23.3 Å². The Morgan fingerprint density at radius 2 is 1.44 bits per heavy atom. The molecule has 1 heterocycles. The van der Waals surface area contributed by atoms with Gasteiger partial charge < -0.3 is 29.4 Å². The molecule has 1 aliphatic heterocycles. The minimum absolute atomic E-state index is 0.190. The first-order chi connectivity index (χ1) is 19.8. The average molecular weight is 617 g/mol. The maximum atomic E-state index is 12.4. The fraction of sp³-hybridized carbons (Fsp3) is 0.400. The lowest BCUT2D eigenvalue weighted by atomic mass is 9.85. The molecule has 0 bridgehead atoms. The predicted molar refractivity (Wildman–Crippen MR) is 153 cm³/mol. The van der Waals surface area contributed by atoms with Gasteiger partial charge in [-0.2, -0.15) is 0 Å². The van der Waals surface area contributed by atoms with Gasteiger partial charge in [-0.1, -0.05) is 54.6 Å². The van der Waals surface area contributed by atoms with Crippen molar-refractivity contribution in [2.24, 2.45) is 0 Å². The summed E-state index contributed by atoms with van der Waals surface area (Å²) in [5.74, 6) is 0.194. The summed E-state index contributed by atoms with van der Waals surface area (Å²) < 4.78 is 58.6. The van der Waals surface area contributed by atoms with E-state index in [1.165, 1.54) is 24.3 Å². The number of β-amino-alcohol motifs (C(OH)–C–C–N with tert-alkyl or cyclic N) is 1. The molecule has 0 aromatic heterocycles. The van der Waals surface area contributed by atoms with Crippen LogP contribution in [0.5, 0.6) is 11.5 Å². The van der Waals surface area contributed by atoms with Gasteiger partial charge in [-0.05, 0) is 41.0 Å². The van der Waals surface area contributed by atoms with E-state index in [1.54, 1.807) is 0 Å². The third-order valence-electron chi connectivity index (χ3n) is 6.21. The van der Waals surface area contributed by atoms with Crippen molar-refractivity contribution in [3.63, 3.8) is 0 Å². The number of hydrogen-bond acceptors (Lipinski definition) is 6. The predicted octanol–water partition coefficient (Wildman–Crippen LogP) is 6.63. The molecule has 1 saturated heterocycles. The van der Waals surface area contributed by atoms with E-state index in [1.807, 2.05) is 54.6 Å². The number of benzene rings is 3. The molecule has 1 fully saturated rings. The van der Waals surface area contributed by atoms with E-state index >= 15 is 0 Å². The van der Waals surface area contributed by atoms with Crippen LogP contribution in [0.3, 0.4) is 0 Å². The van der Waals surface area contributed by atoms with Crippen LogP contribution in [0.2, 0.25) is 0 Å². The molecule has 41 heavy (non-hydrogen) atoms. The van der Waals surface area contributed by atoms with Crippen molar-refractivity contribution < 1.29 is 37.2 Å². The van der Waals surface area contributed by atoms with Gasteiger partial charge in [0.2, 0.25) is 0 Å². The summed E-state index contributed by atoms with van der Waals surface area (Å²) in [5.41, 5.74) is 2.77. The second-order valence-electron chi connectivity index (χ2n) is 9.20. The molecule has 0 amide bonds. The van der Waals surface area contributed by atoms with Crippen molar-refractivity contribution in [1.82, 2.24) is 5.32 Å². The summed E-state index contributed by atoms with van der Waals surface area (Å²) in [6, 6.07) is 23.2. The van der Waals surface area contributed by atoms with Crippen LogP contribution >= 0.6 is 23.2 Å². The Labute approximate surface area is 248 Å². The highest BCUT2D eigenvalue weighted by Crippen LogP contribution is 2.30. The van der Waals surface area contributed by atoms with Gasteiger partial charge >= 0.3 is 6.36 Å². The molecule has 224 valence electrons. The number of ether oxygens (including phenoxy) is 4. The summed E-state index contributed by atoms with van der Waals surface area (Å²) in [6.07, 6.45) is -4.93. The minimum atomic E-state index is -4.73. The molecule has 0 saturated carbocycles. The minimum Gasteiger partial charge on any atom is -0.494 e. The third-order valence-corrected chi connectivity index (χ3v) is 6.21. The first kappa shape index (κ1) is 33.0. The second-order valence-corrected chi connectivity index (χ2v) is 10.0. The Kier molecular flexibility index (Phi) is 14.0. The molecule has 4 rings (SSSR count). The molecule has 3 atom stereocenters. The van der Waals surface area contributed by atoms with Crippen molar-refractivity contribution in [3.8, 4) is 11.5 Å². The number of rotatable bonds is 12. The van der Waals surface area contributed by atoms with Crippen molar-refractivity contribution >= 4 is 23.2 Å². The van der Waals surface area contributed by atoms with Gasteiger partial charge in [0.1, 0.15) is 11.5 Å². The zero-order valence-corrected chi connectivity index (χ0v) is 23.9. The molecule has 0 radical (unpaired) electrons. The number of alkyl halides is 5. The summed E-state index contributed by atoms with van der Waals surface area (Å²) in [6.45, 7) is 2.88. The Morgan fingerprint density at radius 3 is 2.10 bits per heavy atom.